The van der Waals surface area contributed by atoms with Gasteiger partial charge in [0.05, 0.1) is 6.10 Å². The molecule has 6 nitrogen and oxygen atoms in total. The summed E-state index contributed by atoms with van der Waals surface area (Å²) >= 11 is 5.87. The van der Waals surface area contributed by atoms with Gasteiger partial charge in [-0.3, -0.25) is 9.59 Å². The lowest BCUT2D eigenvalue weighted by Crippen LogP contribution is -2.45. The maximum atomic E-state index is 12.5. The van der Waals surface area contributed by atoms with Crippen molar-refractivity contribution < 1.29 is 14.3 Å². The molecule has 2 aliphatic rings. The number of anilines is 1. The first-order valence-corrected chi connectivity index (χ1v) is 8.19. The van der Waals surface area contributed by atoms with Crippen molar-refractivity contribution in [3.63, 3.8) is 0 Å². The molecule has 0 radical (unpaired) electrons. The molecule has 3 atom stereocenters. The van der Waals surface area contributed by atoms with Gasteiger partial charge in [-0.15, -0.1) is 12.4 Å². The zero-order valence-electron chi connectivity index (χ0n) is 13.1. The van der Waals surface area contributed by atoms with Gasteiger partial charge in [-0.25, -0.2) is 0 Å². The molecule has 3 rings (SSSR count). The van der Waals surface area contributed by atoms with Crippen LogP contribution in [0, 0.1) is 0 Å². The smallest absolute Gasteiger partial charge is 0.249 e. The van der Waals surface area contributed by atoms with Gasteiger partial charge in [0.2, 0.25) is 11.8 Å². The third kappa shape index (κ3) is 4.00. The highest BCUT2D eigenvalue weighted by molar-refractivity contribution is 6.30. The molecule has 2 aliphatic heterocycles. The molecule has 3 N–H and O–H groups in total. The Kier molecular flexibility index (Phi) is 6.46. The molecule has 24 heavy (non-hydrogen) atoms. The van der Waals surface area contributed by atoms with Crippen LogP contribution < -0.4 is 16.0 Å². The van der Waals surface area contributed by atoms with Crippen molar-refractivity contribution in [3.8, 4) is 0 Å². The molecule has 2 fully saturated rings. The number of nitrogens with one attached hydrogen (secondary N) is 1. The number of carbonyl (C=O) groups is 2. The molecule has 2 heterocycles. The quantitative estimate of drug-likeness (QED) is 0.837. The van der Waals surface area contributed by atoms with Gasteiger partial charge in [-0.05, 0) is 43.5 Å². The molecular formula is C16H21Cl2N3O3. The molecule has 0 aromatic heterocycles. The lowest BCUT2D eigenvalue weighted by Gasteiger charge is -2.18. The second-order valence-corrected chi connectivity index (χ2v) is 6.31. The number of amides is 2. The van der Waals surface area contributed by atoms with Crippen molar-refractivity contribution in [2.75, 3.05) is 18.0 Å². The number of hydrogen-bond acceptors (Lipinski definition) is 4. The van der Waals surface area contributed by atoms with Gasteiger partial charge in [-0.2, -0.15) is 0 Å². The molecule has 0 spiro atoms. The Bertz CT molecular complexity index is 597. The number of nitrogens with zero attached hydrogens (tertiary/aromatic N) is 1. The van der Waals surface area contributed by atoms with E-state index in [9.17, 15) is 9.59 Å². The van der Waals surface area contributed by atoms with E-state index in [2.05, 4.69) is 5.32 Å². The van der Waals surface area contributed by atoms with E-state index in [1.807, 2.05) is 0 Å². The molecule has 1 unspecified atom stereocenters. The zero-order valence-corrected chi connectivity index (χ0v) is 14.7. The number of hydrogen-bond donors (Lipinski definition) is 2. The Hall–Kier alpha value is -1.34. The Morgan fingerprint density at radius 1 is 1.29 bits per heavy atom. The molecular weight excluding hydrogens is 353 g/mol. The van der Waals surface area contributed by atoms with Crippen LogP contribution in [0.2, 0.25) is 5.02 Å². The first-order chi connectivity index (χ1) is 11.1. The Morgan fingerprint density at radius 2 is 2.00 bits per heavy atom. The second-order valence-electron chi connectivity index (χ2n) is 5.88. The minimum atomic E-state index is -0.501. The molecule has 1 aromatic rings. The van der Waals surface area contributed by atoms with Crippen LogP contribution in [0.1, 0.15) is 19.3 Å². The maximum absolute atomic E-state index is 12.5. The summed E-state index contributed by atoms with van der Waals surface area (Å²) in [5.74, 6) is -0.327. The van der Waals surface area contributed by atoms with E-state index in [1.54, 1.807) is 29.2 Å². The molecule has 2 amide bonds. The fraction of sp³-hybridized carbons (Fsp3) is 0.500. The summed E-state index contributed by atoms with van der Waals surface area (Å²) in [5.41, 5.74) is 6.34. The summed E-state index contributed by atoms with van der Waals surface area (Å²) in [7, 11) is 0. The summed E-state index contributed by atoms with van der Waals surface area (Å²) < 4.78 is 5.57. The number of benzene rings is 1. The number of halogens is 2. The van der Waals surface area contributed by atoms with E-state index in [0.29, 0.717) is 31.0 Å². The fourth-order valence-corrected chi connectivity index (χ4v) is 3.15. The van der Waals surface area contributed by atoms with Crippen LogP contribution in [0.25, 0.3) is 0 Å². The highest BCUT2D eigenvalue weighted by Crippen LogP contribution is 2.24. The topological polar surface area (TPSA) is 84.7 Å². The van der Waals surface area contributed by atoms with Crippen molar-refractivity contribution in [3.05, 3.63) is 29.3 Å². The SMILES string of the molecule is Cl.NC[C@H]1CC[C@@H](C(=O)NC2CCN(c3ccc(Cl)cc3)C2=O)O1. The Balaban J connectivity index is 0.00000208. The summed E-state index contributed by atoms with van der Waals surface area (Å²) in [6.45, 7) is 0.985. The average molecular weight is 374 g/mol. The lowest BCUT2D eigenvalue weighted by molar-refractivity contribution is -0.134. The highest BCUT2D eigenvalue weighted by atomic mass is 35.5. The van der Waals surface area contributed by atoms with E-state index in [0.717, 1.165) is 12.1 Å². The molecule has 0 bridgehead atoms. The second kappa shape index (κ2) is 8.16. The Labute approximate surface area is 152 Å². The van der Waals surface area contributed by atoms with Crippen LogP contribution in [0.15, 0.2) is 24.3 Å². The summed E-state index contributed by atoms with van der Waals surface area (Å²) in [5, 5.41) is 3.43. The number of rotatable bonds is 4. The van der Waals surface area contributed by atoms with Crippen molar-refractivity contribution in [1.29, 1.82) is 0 Å². The Morgan fingerprint density at radius 3 is 2.62 bits per heavy atom. The third-order valence-corrected chi connectivity index (χ3v) is 4.58. The van der Waals surface area contributed by atoms with Crippen LogP contribution in [0.3, 0.4) is 0 Å². The third-order valence-electron chi connectivity index (χ3n) is 4.32. The van der Waals surface area contributed by atoms with Crippen LogP contribution >= 0.6 is 24.0 Å². The van der Waals surface area contributed by atoms with Gasteiger partial charge >= 0.3 is 0 Å². The van der Waals surface area contributed by atoms with Gasteiger partial charge in [0, 0.05) is 23.8 Å². The molecule has 0 saturated carbocycles. The van der Waals surface area contributed by atoms with Crippen molar-refractivity contribution in [2.24, 2.45) is 5.73 Å². The summed E-state index contributed by atoms with van der Waals surface area (Å²) in [4.78, 5) is 26.4. The number of nitrogens with two attached hydrogens (primary N) is 1. The van der Waals surface area contributed by atoms with Crippen molar-refractivity contribution >= 4 is 41.5 Å². The highest BCUT2D eigenvalue weighted by Gasteiger charge is 2.37. The zero-order chi connectivity index (χ0) is 16.4. The predicted molar refractivity (Wildman–Crippen MR) is 94.6 cm³/mol. The first-order valence-electron chi connectivity index (χ1n) is 7.81. The van der Waals surface area contributed by atoms with E-state index in [-0.39, 0.29) is 30.3 Å². The van der Waals surface area contributed by atoms with Gasteiger partial charge in [0.1, 0.15) is 12.1 Å². The molecule has 8 heteroatoms. The van der Waals surface area contributed by atoms with Gasteiger partial charge in [0.15, 0.2) is 0 Å². The standard InChI is InChI=1S/C16H20ClN3O3.ClH/c17-10-1-3-11(4-2-10)20-8-7-13(16(20)22)19-15(21)14-6-5-12(9-18)23-14;/h1-4,12-14H,5-9,18H2,(H,19,21);1H/t12-,13?,14+;/m1./s1. The fourth-order valence-electron chi connectivity index (χ4n) is 3.03. The van der Waals surface area contributed by atoms with Crippen LogP contribution in [-0.2, 0) is 14.3 Å². The van der Waals surface area contributed by atoms with E-state index < -0.39 is 12.1 Å². The van der Waals surface area contributed by atoms with Gasteiger partial charge < -0.3 is 20.7 Å². The predicted octanol–water partition coefficient (Wildman–Crippen LogP) is 1.49. The monoisotopic (exact) mass is 373 g/mol. The van der Waals surface area contributed by atoms with Gasteiger partial charge in [0.25, 0.3) is 0 Å². The van der Waals surface area contributed by atoms with E-state index in [1.165, 1.54) is 0 Å². The first kappa shape index (κ1) is 19.0. The van der Waals surface area contributed by atoms with E-state index >= 15 is 0 Å². The van der Waals surface area contributed by atoms with Crippen molar-refractivity contribution in [1.82, 2.24) is 5.32 Å². The lowest BCUT2D eigenvalue weighted by atomic mass is 10.1. The van der Waals surface area contributed by atoms with Crippen molar-refractivity contribution in [2.45, 2.75) is 37.5 Å². The molecule has 2 saturated heterocycles. The minimum absolute atomic E-state index is 0. The van der Waals surface area contributed by atoms with Crippen LogP contribution in [0.5, 0.6) is 0 Å². The largest absolute Gasteiger partial charge is 0.364 e. The average Bonchev–Trinajstić information content (AvgIpc) is 3.16. The minimum Gasteiger partial charge on any atom is -0.364 e. The molecule has 0 aliphatic carbocycles. The van der Waals surface area contributed by atoms with Crippen LogP contribution in [-0.4, -0.2) is 43.2 Å². The maximum Gasteiger partial charge on any atom is 0.249 e. The van der Waals surface area contributed by atoms with E-state index in [4.69, 9.17) is 22.1 Å². The van der Waals surface area contributed by atoms with Crippen LogP contribution in [0.4, 0.5) is 5.69 Å². The molecule has 1 aromatic carbocycles. The number of ether oxygens (including phenoxy) is 1. The normalized spacial score (nSPS) is 26.3. The molecule has 132 valence electrons. The summed E-state index contributed by atoms with van der Waals surface area (Å²) in [6.07, 6.45) is 1.45. The number of carbonyl (C=O) groups excluding carboxylic acids is 2. The summed E-state index contributed by atoms with van der Waals surface area (Å²) in [6, 6.07) is 6.59. The van der Waals surface area contributed by atoms with Gasteiger partial charge in [-0.1, -0.05) is 11.6 Å².